The predicted octanol–water partition coefficient (Wildman–Crippen LogP) is 7.35. The summed E-state index contributed by atoms with van der Waals surface area (Å²) < 4.78 is 22.5. The van der Waals surface area contributed by atoms with Crippen molar-refractivity contribution in [3.8, 4) is 0 Å². The Hall–Kier alpha value is -2.06. The molecule has 0 saturated heterocycles. The van der Waals surface area contributed by atoms with E-state index in [1.807, 2.05) is 24.3 Å². The Morgan fingerprint density at radius 1 is 0.700 bits per heavy atom. The second kappa shape index (κ2) is 13.3. The van der Waals surface area contributed by atoms with Crippen LogP contribution in [0.1, 0.15) is 61.1 Å². The first-order chi connectivity index (χ1) is 14.6. The molecule has 0 aliphatic heterocycles. The Kier molecular flexibility index (Phi) is 10.7. The number of hydrogen-bond donors (Lipinski definition) is 0. The van der Waals surface area contributed by atoms with Crippen molar-refractivity contribution in [1.82, 2.24) is 0 Å². The average Bonchev–Trinajstić information content (AvgIpc) is 2.78. The van der Waals surface area contributed by atoms with Crippen LogP contribution in [0, 0.1) is 0 Å². The summed E-state index contributed by atoms with van der Waals surface area (Å²) in [5, 5.41) is 0. The Bertz CT molecular complexity index is 812. The average molecular weight is 426 g/mol. The fourth-order valence-corrected chi connectivity index (χ4v) is 4.23. The summed E-state index contributed by atoms with van der Waals surface area (Å²) in [5.41, 5.74) is 7.86. The summed E-state index contributed by atoms with van der Waals surface area (Å²) in [7, 11) is -2.14. The molecule has 0 aliphatic rings. The third-order valence-electron chi connectivity index (χ3n) is 5.23. The molecular weight excluding hydrogens is 391 g/mol. The van der Waals surface area contributed by atoms with E-state index in [2.05, 4.69) is 64.1 Å². The third kappa shape index (κ3) is 7.02. The molecule has 30 heavy (non-hydrogen) atoms. The van der Waals surface area contributed by atoms with E-state index in [1.165, 1.54) is 33.4 Å². The molecule has 0 aliphatic carbocycles. The molecule has 0 radical (unpaired) electrons. The molecule has 0 aromatic heterocycles. The molecular formula is C26H34O3P+. The van der Waals surface area contributed by atoms with E-state index < -0.39 is 8.25 Å². The molecule has 0 spiro atoms. The van der Waals surface area contributed by atoms with Gasteiger partial charge in [-0.05, 0) is 59.1 Å². The normalized spacial score (nSPS) is 11.6. The van der Waals surface area contributed by atoms with E-state index in [4.69, 9.17) is 9.05 Å². The number of hydrogen-bond acceptors (Lipinski definition) is 3. The summed E-state index contributed by atoms with van der Waals surface area (Å²) >= 11 is 0. The van der Waals surface area contributed by atoms with E-state index in [1.54, 1.807) is 0 Å². The topological polar surface area (TPSA) is 35.5 Å². The van der Waals surface area contributed by atoms with E-state index >= 15 is 0 Å². The minimum Gasteiger partial charge on any atom is -0.115 e. The van der Waals surface area contributed by atoms with Crippen LogP contribution in [-0.4, -0.2) is 13.2 Å². The van der Waals surface area contributed by atoms with Crippen molar-refractivity contribution in [2.45, 2.75) is 53.4 Å². The summed E-state index contributed by atoms with van der Waals surface area (Å²) in [6.45, 7) is 9.20. The minimum absolute atomic E-state index is 0.261. The first kappa shape index (κ1) is 24.2. The maximum Gasteiger partial charge on any atom is 0.698 e. The largest absolute Gasteiger partial charge is 0.698 e. The quantitative estimate of drug-likeness (QED) is 0.333. The Balaban J connectivity index is 1.81. The van der Waals surface area contributed by atoms with Gasteiger partial charge in [0, 0.05) is 4.57 Å². The molecule has 0 atom stereocenters. The fourth-order valence-electron chi connectivity index (χ4n) is 3.74. The Morgan fingerprint density at radius 3 is 1.50 bits per heavy atom. The molecule has 3 nitrogen and oxygen atoms in total. The zero-order valence-corrected chi connectivity index (χ0v) is 19.6. The van der Waals surface area contributed by atoms with Crippen molar-refractivity contribution in [2.24, 2.45) is 0 Å². The van der Waals surface area contributed by atoms with Crippen LogP contribution < -0.4 is 0 Å². The van der Waals surface area contributed by atoms with Crippen molar-refractivity contribution < 1.29 is 13.6 Å². The molecule has 2 aromatic carbocycles. The lowest BCUT2D eigenvalue weighted by Crippen LogP contribution is -1.94. The highest BCUT2D eigenvalue weighted by atomic mass is 31.1. The van der Waals surface area contributed by atoms with Crippen LogP contribution in [0.2, 0.25) is 0 Å². The standard InChI is InChI=1S/C26H34O3P/c1-5-21-13-9-15-23(25(21)7-3)17-11-19-28-30(27)29-20-12-18-24-16-10-14-22(6-2)26(24)8-4/h9-18H,5-8,19-20H2,1-4H3/q+1/b17-11+,18-12+. The third-order valence-corrected chi connectivity index (χ3v) is 5.95. The molecule has 4 heteroatoms. The molecule has 0 heterocycles. The van der Waals surface area contributed by atoms with Gasteiger partial charge >= 0.3 is 8.25 Å². The highest BCUT2D eigenvalue weighted by Crippen LogP contribution is 2.24. The lowest BCUT2D eigenvalue weighted by atomic mass is 9.97. The van der Waals surface area contributed by atoms with Gasteiger partial charge in [0.05, 0.1) is 0 Å². The second-order valence-electron chi connectivity index (χ2n) is 7.00. The Labute approximate surface area is 182 Å². The van der Waals surface area contributed by atoms with Crippen LogP contribution in [-0.2, 0) is 39.3 Å². The molecule has 0 saturated carbocycles. The van der Waals surface area contributed by atoms with E-state index in [0.29, 0.717) is 0 Å². The summed E-state index contributed by atoms with van der Waals surface area (Å²) in [6.07, 6.45) is 11.9. The van der Waals surface area contributed by atoms with Gasteiger partial charge < -0.3 is 0 Å². The Morgan fingerprint density at radius 2 is 1.13 bits per heavy atom. The summed E-state index contributed by atoms with van der Waals surface area (Å²) in [5.74, 6) is 0. The van der Waals surface area contributed by atoms with Gasteiger partial charge in [0.25, 0.3) is 0 Å². The van der Waals surface area contributed by atoms with Crippen molar-refractivity contribution in [1.29, 1.82) is 0 Å². The van der Waals surface area contributed by atoms with E-state index in [9.17, 15) is 4.57 Å². The van der Waals surface area contributed by atoms with Crippen LogP contribution in [0.15, 0.2) is 48.6 Å². The van der Waals surface area contributed by atoms with Gasteiger partial charge in [-0.2, -0.15) is 0 Å². The lowest BCUT2D eigenvalue weighted by molar-refractivity contribution is 0.261. The van der Waals surface area contributed by atoms with Gasteiger partial charge in [-0.25, -0.2) is 0 Å². The zero-order chi connectivity index (χ0) is 21.8. The number of aryl methyl sites for hydroxylation is 2. The van der Waals surface area contributed by atoms with E-state index in [0.717, 1.165) is 25.7 Å². The molecule has 2 aromatic rings. The zero-order valence-electron chi connectivity index (χ0n) is 18.7. The smallest absolute Gasteiger partial charge is 0.115 e. The van der Waals surface area contributed by atoms with Crippen LogP contribution >= 0.6 is 8.25 Å². The van der Waals surface area contributed by atoms with Crippen molar-refractivity contribution in [2.75, 3.05) is 13.2 Å². The van der Waals surface area contributed by atoms with Crippen LogP contribution in [0.4, 0.5) is 0 Å². The van der Waals surface area contributed by atoms with Crippen molar-refractivity contribution in [3.05, 3.63) is 81.9 Å². The highest BCUT2D eigenvalue weighted by molar-refractivity contribution is 7.33. The van der Waals surface area contributed by atoms with Gasteiger partial charge in [-0.15, -0.1) is 9.05 Å². The molecule has 0 N–H and O–H groups in total. The van der Waals surface area contributed by atoms with Crippen LogP contribution in [0.5, 0.6) is 0 Å². The summed E-state index contributed by atoms with van der Waals surface area (Å²) in [6, 6.07) is 12.7. The maximum atomic E-state index is 11.9. The van der Waals surface area contributed by atoms with Gasteiger partial charge in [0.2, 0.25) is 0 Å². The van der Waals surface area contributed by atoms with Gasteiger partial charge in [-0.1, -0.05) is 88.4 Å². The molecule has 0 amide bonds. The highest BCUT2D eigenvalue weighted by Gasteiger charge is 2.17. The molecule has 160 valence electrons. The van der Waals surface area contributed by atoms with E-state index in [-0.39, 0.29) is 13.2 Å². The van der Waals surface area contributed by atoms with Gasteiger partial charge in [0.15, 0.2) is 0 Å². The van der Waals surface area contributed by atoms with Crippen molar-refractivity contribution in [3.63, 3.8) is 0 Å². The molecule has 2 rings (SSSR count). The lowest BCUT2D eigenvalue weighted by Gasteiger charge is -2.09. The van der Waals surface area contributed by atoms with Crippen LogP contribution in [0.25, 0.3) is 12.2 Å². The minimum atomic E-state index is -2.14. The fraction of sp³-hybridized carbons (Fsp3) is 0.385. The predicted molar refractivity (Wildman–Crippen MR) is 128 cm³/mol. The molecule has 0 fully saturated rings. The maximum absolute atomic E-state index is 11.9. The SMILES string of the molecule is CCc1cccc(/C=C/CO[P+](=O)OC/C=C/c2cccc(CC)c2CC)c1CC. The van der Waals surface area contributed by atoms with Gasteiger partial charge in [0.1, 0.15) is 13.2 Å². The van der Waals surface area contributed by atoms with Gasteiger partial charge in [-0.3, -0.25) is 0 Å². The monoisotopic (exact) mass is 425 g/mol. The summed E-state index contributed by atoms with van der Waals surface area (Å²) in [4.78, 5) is 0. The van der Waals surface area contributed by atoms with Crippen LogP contribution in [0.3, 0.4) is 0 Å². The first-order valence-corrected chi connectivity index (χ1v) is 12.0. The number of rotatable bonds is 12. The molecule has 0 unspecified atom stereocenters. The molecule has 0 bridgehead atoms. The van der Waals surface area contributed by atoms with Crippen molar-refractivity contribution >= 4 is 20.4 Å². The second-order valence-corrected chi connectivity index (χ2v) is 7.97. The number of benzene rings is 2. The first-order valence-electron chi connectivity index (χ1n) is 10.9.